The van der Waals surface area contributed by atoms with E-state index in [9.17, 15) is 0 Å². The molecule has 0 saturated heterocycles. The molecule has 0 aliphatic carbocycles. The van der Waals surface area contributed by atoms with Crippen molar-refractivity contribution < 1.29 is 4.74 Å². The Bertz CT molecular complexity index is 336. The summed E-state index contributed by atoms with van der Waals surface area (Å²) in [6.45, 7) is 6.76. The van der Waals surface area contributed by atoms with Gasteiger partial charge in [-0.2, -0.15) is 0 Å². The van der Waals surface area contributed by atoms with Crippen LogP contribution in [0.1, 0.15) is 12.5 Å². The van der Waals surface area contributed by atoms with Crippen molar-refractivity contribution in [3.8, 4) is 5.75 Å². The molecule has 0 aromatic heterocycles. The summed E-state index contributed by atoms with van der Waals surface area (Å²) in [5.74, 6) is 0.830. The quantitative estimate of drug-likeness (QED) is 0.840. The van der Waals surface area contributed by atoms with Crippen molar-refractivity contribution in [2.75, 3.05) is 6.61 Å². The van der Waals surface area contributed by atoms with E-state index in [0.29, 0.717) is 13.2 Å². The second kappa shape index (κ2) is 5.17. The van der Waals surface area contributed by atoms with E-state index in [1.165, 1.54) is 0 Å². The molecule has 1 aromatic rings. The molecular formula is C11H14BrNO. The zero-order valence-corrected chi connectivity index (χ0v) is 9.80. The Morgan fingerprint density at radius 1 is 1.57 bits per heavy atom. The molecule has 0 fully saturated rings. The molecule has 2 N–H and O–H groups in total. The van der Waals surface area contributed by atoms with Crippen LogP contribution in [0.15, 0.2) is 34.8 Å². The van der Waals surface area contributed by atoms with Crippen LogP contribution in [-0.4, -0.2) is 6.61 Å². The third-order valence-electron chi connectivity index (χ3n) is 1.72. The molecule has 0 amide bonds. The molecule has 0 spiro atoms. The highest BCUT2D eigenvalue weighted by Gasteiger charge is 2.00. The summed E-state index contributed by atoms with van der Waals surface area (Å²) in [5.41, 5.74) is 7.62. The van der Waals surface area contributed by atoms with Gasteiger partial charge >= 0.3 is 0 Å². The Hall–Kier alpha value is -0.800. The first-order chi connectivity index (χ1) is 6.63. The van der Waals surface area contributed by atoms with Crippen molar-refractivity contribution in [2.45, 2.75) is 13.5 Å². The summed E-state index contributed by atoms with van der Waals surface area (Å²) in [6.07, 6.45) is 0. The smallest absolute Gasteiger partial charge is 0.120 e. The molecule has 0 radical (unpaired) electrons. The van der Waals surface area contributed by atoms with E-state index in [1.54, 1.807) is 0 Å². The Labute approximate surface area is 92.9 Å². The van der Waals surface area contributed by atoms with E-state index in [2.05, 4.69) is 22.5 Å². The summed E-state index contributed by atoms with van der Waals surface area (Å²) < 4.78 is 6.51. The average Bonchev–Trinajstić information content (AvgIpc) is 2.16. The molecule has 14 heavy (non-hydrogen) atoms. The van der Waals surface area contributed by atoms with E-state index in [0.717, 1.165) is 21.4 Å². The van der Waals surface area contributed by atoms with Crippen molar-refractivity contribution in [3.05, 3.63) is 40.4 Å². The van der Waals surface area contributed by atoms with Crippen LogP contribution in [-0.2, 0) is 6.54 Å². The number of rotatable bonds is 4. The SMILES string of the molecule is C=C(C)COc1ccc(Br)c(CN)c1. The lowest BCUT2D eigenvalue weighted by molar-refractivity contribution is 0.352. The van der Waals surface area contributed by atoms with Crippen LogP contribution in [0.3, 0.4) is 0 Å². The molecule has 3 heteroatoms. The van der Waals surface area contributed by atoms with Gasteiger partial charge in [0.1, 0.15) is 12.4 Å². The van der Waals surface area contributed by atoms with Crippen LogP contribution in [0, 0.1) is 0 Å². The first-order valence-corrected chi connectivity index (χ1v) is 5.18. The first-order valence-electron chi connectivity index (χ1n) is 4.39. The summed E-state index contributed by atoms with van der Waals surface area (Å²) >= 11 is 3.42. The summed E-state index contributed by atoms with van der Waals surface area (Å²) in [4.78, 5) is 0. The van der Waals surface area contributed by atoms with Gasteiger partial charge in [-0.15, -0.1) is 0 Å². The van der Waals surface area contributed by atoms with Gasteiger partial charge in [0.25, 0.3) is 0 Å². The molecule has 2 nitrogen and oxygen atoms in total. The predicted octanol–water partition coefficient (Wildman–Crippen LogP) is 2.86. The number of benzene rings is 1. The molecule has 76 valence electrons. The normalized spacial score (nSPS) is 9.93. The van der Waals surface area contributed by atoms with E-state index < -0.39 is 0 Å². The van der Waals surface area contributed by atoms with Crippen LogP contribution >= 0.6 is 15.9 Å². The van der Waals surface area contributed by atoms with Crippen LogP contribution < -0.4 is 10.5 Å². The highest BCUT2D eigenvalue weighted by Crippen LogP contribution is 2.22. The van der Waals surface area contributed by atoms with Gasteiger partial charge in [-0.05, 0) is 36.3 Å². The zero-order chi connectivity index (χ0) is 10.6. The minimum atomic E-state index is 0.505. The Kier molecular flexibility index (Phi) is 4.17. The fourth-order valence-electron chi connectivity index (χ4n) is 1.00. The topological polar surface area (TPSA) is 35.2 Å². The Morgan fingerprint density at radius 3 is 2.86 bits per heavy atom. The molecular weight excluding hydrogens is 242 g/mol. The third-order valence-corrected chi connectivity index (χ3v) is 2.50. The number of hydrogen-bond acceptors (Lipinski definition) is 2. The standard InChI is InChI=1S/C11H14BrNO/c1-8(2)7-14-10-3-4-11(12)9(5-10)6-13/h3-5H,1,6-7,13H2,2H3. The summed E-state index contributed by atoms with van der Waals surface area (Å²) in [6, 6.07) is 5.79. The minimum absolute atomic E-state index is 0.505. The Balaban J connectivity index is 2.74. The molecule has 1 rings (SSSR count). The highest BCUT2D eigenvalue weighted by atomic mass is 79.9. The lowest BCUT2D eigenvalue weighted by Crippen LogP contribution is -2.01. The third kappa shape index (κ3) is 3.16. The summed E-state index contributed by atoms with van der Waals surface area (Å²) in [7, 11) is 0. The Morgan fingerprint density at radius 2 is 2.29 bits per heavy atom. The van der Waals surface area contributed by atoms with Crippen molar-refractivity contribution in [1.82, 2.24) is 0 Å². The number of hydrogen-bond donors (Lipinski definition) is 1. The minimum Gasteiger partial charge on any atom is -0.489 e. The lowest BCUT2D eigenvalue weighted by Gasteiger charge is -2.08. The van der Waals surface area contributed by atoms with Crippen molar-refractivity contribution >= 4 is 15.9 Å². The first kappa shape index (κ1) is 11.3. The highest BCUT2D eigenvalue weighted by molar-refractivity contribution is 9.10. The van der Waals surface area contributed by atoms with Crippen molar-refractivity contribution in [2.24, 2.45) is 5.73 Å². The van der Waals surface area contributed by atoms with Crippen LogP contribution in [0.4, 0.5) is 0 Å². The van der Waals surface area contributed by atoms with Crippen LogP contribution in [0.2, 0.25) is 0 Å². The molecule has 0 unspecified atom stereocenters. The largest absolute Gasteiger partial charge is 0.489 e. The fraction of sp³-hybridized carbons (Fsp3) is 0.273. The molecule has 0 atom stereocenters. The fourth-order valence-corrected chi connectivity index (χ4v) is 1.41. The second-order valence-corrected chi connectivity index (χ2v) is 4.06. The van der Waals surface area contributed by atoms with E-state index in [4.69, 9.17) is 10.5 Å². The molecule has 0 heterocycles. The van der Waals surface area contributed by atoms with Gasteiger partial charge in [0.2, 0.25) is 0 Å². The van der Waals surface area contributed by atoms with Gasteiger partial charge in [0.15, 0.2) is 0 Å². The van der Waals surface area contributed by atoms with Gasteiger partial charge in [-0.1, -0.05) is 22.5 Å². The van der Waals surface area contributed by atoms with Gasteiger partial charge in [0.05, 0.1) is 0 Å². The monoisotopic (exact) mass is 255 g/mol. The number of ether oxygens (including phenoxy) is 1. The van der Waals surface area contributed by atoms with Crippen LogP contribution in [0.25, 0.3) is 0 Å². The number of nitrogens with two attached hydrogens (primary N) is 1. The molecule has 0 aliphatic heterocycles. The molecule has 0 aliphatic rings. The van der Waals surface area contributed by atoms with Gasteiger partial charge < -0.3 is 10.5 Å². The second-order valence-electron chi connectivity index (χ2n) is 3.20. The molecule has 1 aromatic carbocycles. The average molecular weight is 256 g/mol. The predicted molar refractivity (Wildman–Crippen MR) is 62.3 cm³/mol. The lowest BCUT2D eigenvalue weighted by atomic mass is 10.2. The summed E-state index contributed by atoms with van der Waals surface area (Å²) in [5, 5.41) is 0. The van der Waals surface area contributed by atoms with Crippen molar-refractivity contribution in [1.29, 1.82) is 0 Å². The van der Waals surface area contributed by atoms with E-state index in [1.807, 2.05) is 25.1 Å². The zero-order valence-electron chi connectivity index (χ0n) is 8.22. The number of halogens is 1. The van der Waals surface area contributed by atoms with Gasteiger partial charge in [-0.3, -0.25) is 0 Å². The maximum absolute atomic E-state index is 5.57. The van der Waals surface area contributed by atoms with Crippen molar-refractivity contribution in [3.63, 3.8) is 0 Å². The van der Waals surface area contributed by atoms with Gasteiger partial charge in [-0.25, -0.2) is 0 Å². The van der Waals surface area contributed by atoms with Gasteiger partial charge in [0, 0.05) is 11.0 Å². The maximum Gasteiger partial charge on any atom is 0.120 e. The molecule has 0 bridgehead atoms. The molecule has 0 saturated carbocycles. The van der Waals surface area contributed by atoms with E-state index >= 15 is 0 Å². The van der Waals surface area contributed by atoms with Crippen LogP contribution in [0.5, 0.6) is 5.75 Å². The maximum atomic E-state index is 5.57. The van der Waals surface area contributed by atoms with E-state index in [-0.39, 0.29) is 0 Å².